The second kappa shape index (κ2) is 6.11. The van der Waals surface area contributed by atoms with Gasteiger partial charge in [0.15, 0.2) is 5.70 Å². The maximum atomic E-state index is 12.0. The zero-order valence-electron chi connectivity index (χ0n) is 11.6. The Morgan fingerprint density at radius 1 is 1.27 bits per heavy atom. The van der Waals surface area contributed by atoms with Crippen molar-refractivity contribution >= 4 is 33.9 Å². The van der Waals surface area contributed by atoms with Crippen molar-refractivity contribution < 1.29 is 14.3 Å². The lowest BCUT2D eigenvalue weighted by Crippen LogP contribution is -2.05. The van der Waals surface area contributed by atoms with Gasteiger partial charge < -0.3 is 9.47 Å². The molecule has 1 aromatic heterocycles. The summed E-state index contributed by atoms with van der Waals surface area (Å²) in [7, 11) is 1.58. The molecular formula is C16H11BrN2O3. The average Bonchev–Trinajstić information content (AvgIpc) is 2.89. The van der Waals surface area contributed by atoms with Gasteiger partial charge in [0.05, 0.1) is 12.7 Å². The quantitative estimate of drug-likeness (QED) is 0.624. The van der Waals surface area contributed by atoms with E-state index in [2.05, 4.69) is 25.9 Å². The standard InChI is InChI=1S/C16H11BrN2O3/c1-21-14-5-3-2-4-10(14)7-13-16(20)22-15(19-13)11-6-12(17)9-18-8-11/h2-9H,1H3/b13-7-. The van der Waals surface area contributed by atoms with Gasteiger partial charge in [0, 0.05) is 22.4 Å². The molecule has 6 heteroatoms. The van der Waals surface area contributed by atoms with Crippen molar-refractivity contribution in [3.05, 3.63) is 64.0 Å². The van der Waals surface area contributed by atoms with Crippen LogP contribution in [0.25, 0.3) is 6.08 Å². The van der Waals surface area contributed by atoms with E-state index in [1.54, 1.807) is 31.6 Å². The first-order chi connectivity index (χ1) is 10.7. The molecule has 0 unspecified atom stereocenters. The molecule has 0 saturated heterocycles. The Kier molecular flexibility index (Phi) is 4.02. The second-order valence-corrected chi connectivity index (χ2v) is 5.39. The summed E-state index contributed by atoms with van der Waals surface area (Å²) in [6.07, 6.45) is 4.87. The van der Waals surface area contributed by atoms with Crippen LogP contribution < -0.4 is 4.74 Å². The zero-order chi connectivity index (χ0) is 15.5. The maximum Gasteiger partial charge on any atom is 0.363 e. The number of pyridine rings is 1. The number of esters is 1. The number of ether oxygens (including phenoxy) is 2. The highest BCUT2D eigenvalue weighted by Crippen LogP contribution is 2.24. The van der Waals surface area contributed by atoms with E-state index in [4.69, 9.17) is 9.47 Å². The lowest BCUT2D eigenvalue weighted by atomic mass is 10.1. The minimum Gasteiger partial charge on any atom is -0.496 e. The SMILES string of the molecule is COc1ccccc1/C=C1\N=C(c2cncc(Br)c2)OC1=O. The van der Waals surface area contributed by atoms with Gasteiger partial charge in [-0.1, -0.05) is 18.2 Å². The molecule has 0 atom stereocenters. The lowest BCUT2D eigenvalue weighted by Gasteiger charge is -2.03. The first-order valence-electron chi connectivity index (χ1n) is 6.44. The van der Waals surface area contributed by atoms with Gasteiger partial charge in [-0.05, 0) is 34.1 Å². The van der Waals surface area contributed by atoms with Crippen molar-refractivity contribution in [3.63, 3.8) is 0 Å². The molecule has 22 heavy (non-hydrogen) atoms. The first kappa shape index (κ1) is 14.5. The number of carbonyl (C=O) groups excluding carboxylic acids is 1. The summed E-state index contributed by atoms with van der Waals surface area (Å²) >= 11 is 3.32. The highest BCUT2D eigenvalue weighted by molar-refractivity contribution is 9.10. The predicted molar refractivity (Wildman–Crippen MR) is 85.5 cm³/mol. The van der Waals surface area contributed by atoms with Crippen LogP contribution in [0.3, 0.4) is 0 Å². The van der Waals surface area contributed by atoms with E-state index in [0.717, 1.165) is 10.0 Å². The Hall–Kier alpha value is -2.47. The van der Waals surface area contributed by atoms with E-state index < -0.39 is 5.97 Å². The number of carbonyl (C=O) groups is 1. The Morgan fingerprint density at radius 3 is 2.86 bits per heavy atom. The third-order valence-electron chi connectivity index (χ3n) is 3.00. The third-order valence-corrected chi connectivity index (χ3v) is 3.44. The highest BCUT2D eigenvalue weighted by atomic mass is 79.9. The molecule has 1 aliphatic heterocycles. The summed E-state index contributed by atoms with van der Waals surface area (Å²) in [5, 5.41) is 0. The number of rotatable bonds is 3. The van der Waals surface area contributed by atoms with Gasteiger partial charge in [-0.2, -0.15) is 0 Å². The van der Waals surface area contributed by atoms with Gasteiger partial charge in [-0.25, -0.2) is 9.79 Å². The molecule has 0 N–H and O–H groups in total. The summed E-state index contributed by atoms with van der Waals surface area (Å²) in [5.41, 5.74) is 1.61. The minimum atomic E-state index is -0.499. The Morgan fingerprint density at radius 2 is 2.09 bits per heavy atom. The molecule has 2 aromatic rings. The van der Waals surface area contributed by atoms with Crippen molar-refractivity contribution in [3.8, 4) is 5.75 Å². The van der Waals surface area contributed by atoms with E-state index in [1.165, 1.54) is 0 Å². The van der Waals surface area contributed by atoms with Crippen LogP contribution in [-0.2, 0) is 9.53 Å². The second-order valence-electron chi connectivity index (χ2n) is 4.47. The summed E-state index contributed by atoms with van der Waals surface area (Å²) < 4.78 is 11.2. The van der Waals surface area contributed by atoms with Crippen LogP contribution in [0.4, 0.5) is 0 Å². The predicted octanol–water partition coefficient (Wildman–Crippen LogP) is 3.20. The summed E-state index contributed by atoms with van der Waals surface area (Å²) in [6, 6.07) is 9.15. The highest BCUT2D eigenvalue weighted by Gasteiger charge is 2.24. The van der Waals surface area contributed by atoms with E-state index in [9.17, 15) is 4.79 Å². The number of cyclic esters (lactones) is 1. The van der Waals surface area contributed by atoms with Crippen LogP contribution >= 0.6 is 15.9 Å². The molecular weight excluding hydrogens is 348 g/mol. The van der Waals surface area contributed by atoms with Crippen molar-refractivity contribution in [1.29, 1.82) is 0 Å². The molecule has 0 fully saturated rings. The monoisotopic (exact) mass is 358 g/mol. The summed E-state index contributed by atoms with van der Waals surface area (Å²) in [6.45, 7) is 0. The number of benzene rings is 1. The summed E-state index contributed by atoms with van der Waals surface area (Å²) in [5.74, 6) is 0.399. The number of aromatic nitrogens is 1. The Bertz CT molecular complexity index is 799. The third kappa shape index (κ3) is 2.92. The van der Waals surface area contributed by atoms with Crippen LogP contribution in [0.2, 0.25) is 0 Å². The normalized spacial score (nSPS) is 15.6. The number of nitrogens with zero attached hydrogens (tertiary/aromatic N) is 2. The maximum absolute atomic E-state index is 12.0. The Labute approximate surface area is 135 Å². The van der Waals surface area contributed by atoms with E-state index in [0.29, 0.717) is 11.3 Å². The fourth-order valence-electron chi connectivity index (χ4n) is 1.99. The van der Waals surface area contributed by atoms with Gasteiger partial charge in [-0.15, -0.1) is 0 Å². The molecule has 0 saturated carbocycles. The molecule has 0 aliphatic carbocycles. The van der Waals surface area contributed by atoms with Crippen LogP contribution in [0.1, 0.15) is 11.1 Å². The van der Waals surface area contributed by atoms with Crippen LogP contribution in [0, 0.1) is 0 Å². The molecule has 0 amide bonds. The number of para-hydroxylation sites is 1. The molecule has 110 valence electrons. The molecule has 0 spiro atoms. The number of aliphatic imine (C=N–C) groups is 1. The number of hydrogen-bond donors (Lipinski definition) is 0. The average molecular weight is 359 g/mol. The molecule has 1 aromatic carbocycles. The van der Waals surface area contributed by atoms with E-state index in [-0.39, 0.29) is 11.6 Å². The molecule has 2 heterocycles. The van der Waals surface area contributed by atoms with E-state index in [1.807, 2.05) is 24.3 Å². The van der Waals surface area contributed by atoms with Crippen LogP contribution in [0.15, 0.2) is 57.9 Å². The Balaban J connectivity index is 1.98. The van der Waals surface area contributed by atoms with Crippen molar-refractivity contribution in [2.75, 3.05) is 7.11 Å². The first-order valence-corrected chi connectivity index (χ1v) is 7.23. The lowest BCUT2D eigenvalue weighted by molar-refractivity contribution is -0.129. The van der Waals surface area contributed by atoms with Gasteiger partial charge in [0.25, 0.3) is 0 Å². The molecule has 1 aliphatic rings. The fourth-order valence-corrected chi connectivity index (χ4v) is 2.36. The van der Waals surface area contributed by atoms with Gasteiger partial charge in [0.1, 0.15) is 5.75 Å². The molecule has 0 bridgehead atoms. The van der Waals surface area contributed by atoms with Gasteiger partial charge in [-0.3, -0.25) is 4.98 Å². The van der Waals surface area contributed by atoms with Crippen molar-refractivity contribution in [2.24, 2.45) is 4.99 Å². The van der Waals surface area contributed by atoms with Crippen molar-refractivity contribution in [1.82, 2.24) is 4.98 Å². The minimum absolute atomic E-state index is 0.222. The smallest absolute Gasteiger partial charge is 0.363 e. The van der Waals surface area contributed by atoms with Gasteiger partial charge in [0.2, 0.25) is 5.90 Å². The van der Waals surface area contributed by atoms with Crippen LogP contribution in [0.5, 0.6) is 5.75 Å². The van der Waals surface area contributed by atoms with Crippen LogP contribution in [-0.4, -0.2) is 24.0 Å². The van der Waals surface area contributed by atoms with Crippen molar-refractivity contribution in [2.45, 2.75) is 0 Å². The number of halogens is 1. The van der Waals surface area contributed by atoms with E-state index >= 15 is 0 Å². The fraction of sp³-hybridized carbons (Fsp3) is 0.0625. The molecule has 3 rings (SSSR count). The van der Waals surface area contributed by atoms with Gasteiger partial charge >= 0.3 is 5.97 Å². The summed E-state index contributed by atoms with van der Waals surface area (Å²) in [4.78, 5) is 20.2. The zero-order valence-corrected chi connectivity index (χ0v) is 13.2. The number of hydrogen-bond acceptors (Lipinski definition) is 5. The largest absolute Gasteiger partial charge is 0.496 e. The molecule has 0 radical (unpaired) electrons. The molecule has 5 nitrogen and oxygen atoms in total. The number of methoxy groups -OCH3 is 1. The topological polar surface area (TPSA) is 60.8 Å².